The van der Waals surface area contributed by atoms with Crippen LogP contribution in [0.25, 0.3) is 33.6 Å². The van der Waals surface area contributed by atoms with Crippen LogP contribution in [0.1, 0.15) is 53.4 Å². The van der Waals surface area contributed by atoms with Gasteiger partial charge in [-0.1, -0.05) is 62.2 Å². The highest BCUT2D eigenvalue weighted by atomic mass is 16.6. The van der Waals surface area contributed by atoms with Gasteiger partial charge in [-0.3, -0.25) is 0 Å². The summed E-state index contributed by atoms with van der Waals surface area (Å²) < 4.78 is 23.6. The number of aromatic nitrogens is 2. The van der Waals surface area contributed by atoms with Gasteiger partial charge in [0.1, 0.15) is 28.8 Å². The number of rotatable bonds is 10. The first-order chi connectivity index (χ1) is 17.8. The number of carbonyl (C=O) groups is 1. The van der Waals surface area contributed by atoms with Gasteiger partial charge >= 0.3 is 5.97 Å². The van der Waals surface area contributed by atoms with E-state index in [1.165, 1.54) is 6.33 Å². The minimum Gasteiger partial charge on any atom is -0.497 e. The molecule has 2 aromatic carbocycles. The average molecular weight is 503 g/mol. The first-order valence-electron chi connectivity index (χ1n) is 12.7. The molecule has 4 rings (SSSR count). The van der Waals surface area contributed by atoms with Crippen molar-refractivity contribution in [3.63, 3.8) is 0 Å². The number of unbranched alkanes of at least 4 members (excludes halogenated alkanes) is 2. The fraction of sp³-hybridized carbons (Fsp3) is 0.367. The number of furan rings is 1. The van der Waals surface area contributed by atoms with Crippen molar-refractivity contribution in [1.82, 2.24) is 9.97 Å². The van der Waals surface area contributed by atoms with Gasteiger partial charge in [0, 0.05) is 11.1 Å². The van der Waals surface area contributed by atoms with E-state index in [9.17, 15) is 4.79 Å². The van der Waals surface area contributed by atoms with Crippen LogP contribution in [0.4, 0.5) is 0 Å². The molecule has 0 aliphatic carbocycles. The number of esters is 1. The number of ether oxygens (including phenoxy) is 3. The van der Waals surface area contributed by atoms with Gasteiger partial charge in [-0.2, -0.15) is 0 Å². The number of fused-ring (bicyclic) bond motifs is 1. The Morgan fingerprint density at radius 1 is 0.973 bits per heavy atom. The van der Waals surface area contributed by atoms with Crippen molar-refractivity contribution >= 4 is 17.1 Å². The molecule has 0 amide bonds. The lowest BCUT2D eigenvalue weighted by Crippen LogP contribution is -2.35. The maximum atomic E-state index is 13.1. The monoisotopic (exact) mass is 502 g/mol. The van der Waals surface area contributed by atoms with E-state index in [0.29, 0.717) is 23.3 Å². The lowest BCUT2D eigenvalue weighted by Gasteiger charge is -2.24. The predicted octanol–water partition coefficient (Wildman–Crippen LogP) is 7.23. The Bertz CT molecular complexity index is 1320. The van der Waals surface area contributed by atoms with E-state index in [1.807, 2.05) is 75.4 Å². The molecule has 7 nitrogen and oxygen atoms in total. The largest absolute Gasteiger partial charge is 0.497 e. The highest BCUT2D eigenvalue weighted by Gasteiger charge is 2.30. The zero-order valence-electron chi connectivity index (χ0n) is 22.1. The Kier molecular flexibility index (Phi) is 8.11. The van der Waals surface area contributed by atoms with E-state index in [-0.39, 0.29) is 5.88 Å². The summed E-state index contributed by atoms with van der Waals surface area (Å²) in [6, 6.07) is 17.5. The number of hydrogen-bond acceptors (Lipinski definition) is 7. The topological polar surface area (TPSA) is 83.7 Å². The third-order valence-corrected chi connectivity index (χ3v) is 5.86. The quantitative estimate of drug-likeness (QED) is 0.167. The van der Waals surface area contributed by atoms with Crippen molar-refractivity contribution in [2.45, 2.75) is 65.1 Å². The molecule has 37 heavy (non-hydrogen) atoms. The Morgan fingerprint density at radius 3 is 2.35 bits per heavy atom. The summed E-state index contributed by atoms with van der Waals surface area (Å²) in [6.07, 6.45) is 3.97. The average Bonchev–Trinajstić information content (AvgIpc) is 3.28. The van der Waals surface area contributed by atoms with Crippen molar-refractivity contribution < 1.29 is 23.4 Å². The molecule has 0 bridgehead atoms. The maximum absolute atomic E-state index is 13.1. The van der Waals surface area contributed by atoms with E-state index >= 15 is 0 Å². The van der Waals surface area contributed by atoms with Crippen LogP contribution in [0, 0.1) is 0 Å². The molecular weight excluding hydrogens is 468 g/mol. The molecule has 0 saturated heterocycles. The molecule has 1 unspecified atom stereocenters. The maximum Gasteiger partial charge on any atom is 0.347 e. The number of benzene rings is 2. The molecular formula is C30H34N2O5. The van der Waals surface area contributed by atoms with Crippen LogP contribution < -0.4 is 9.47 Å². The molecule has 0 spiro atoms. The Hall–Kier alpha value is -3.87. The van der Waals surface area contributed by atoms with E-state index in [4.69, 9.17) is 18.6 Å². The fourth-order valence-electron chi connectivity index (χ4n) is 4.13. The smallest absolute Gasteiger partial charge is 0.347 e. The summed E-state index contributed by atoms with van der Waals surface area (Å²) >= 11 is 0. The molecule has 4 aromatic rings. The van der Waals surface area contributed by atoms with Gasteiger partial charge in [0.25, 0.3) is 0 Å². The molecule has 0 saturated carbocycles. The molecule has 0 radical (unpaired) electrons. The summed E-state index contributed by atoms with van der Waals surface area (Å²) in [6.45, 7) is 7.66. The Balaban J connectivity index is 1.84. The fourth-order valence-corrected chi connectivity index (χ4v) is 4.13. The molecule has 7 heteroatoms. The third kappa shape index (κ3) is 6.28. The highest BCUT2D eigenvalue weighted by Crippen LogP contribution is 2.43. The second kappa shape index (κ2) is 11.5. The van der Waals surface area contributed by atoms with Crippen LogP contribution in [-0.2, 0) is 9.53 Å². The first-order valence-corrected chi connectivity index (χ1v) is 12.7. The normalized spacial score (nSPS) is 12.4. The summed E-state index contributed by atoms with van der Waals surface area (Å²) in [5.74, 6) is 1.26. The van der Waals surface area contributed by atoms with E-state index in [0.717, 1.165) is 41.7 Å². The van der Waals surface area contributed by atoms with Crippen LogP contribution in [0.5, 0.6) is 11.6 Å². The van der Waals surface area contributed by atoms with Crippen LogP contribution in [0.2, 0.25) is 0 Å². The van der Waals surface area contributed by atoms with Crippen molar-refractivity contribution in [2.75, 3.05) is 7.11 Å². The van der Waals surface area contributed by atoms with Gasteiger partial charge in [0.2, 0.25) is 11.6 Å². The van der Waals surface area contributed by atoms with Gasteiger partial charge in [0.15, 0.2) is 6.10 Å². The molecule has 2 heterocycles. The zero-order chi connectivity index (χ0) is 26.4. The number of hydrogen-bond donors (Lipinski definition) is 0. The lowest BCUT2D eigenvalue weighted by atomic mass is 9.99. The summed E-state index contributed by atoms with van der Waals surface area (Å²) in [5, 5.41) is 0.607. The van der Waals surface area contributed by atoms with Gasteiger partial charge in [-0.15, -0.1) is 0 Å². The first kappa shape index (κ1) is 26.2. The second-order valence-corrected chi connectivity index (χ2v) is 9.90. The van der Waals surface area contributed by atoms with Gasteiger partial charge in [-0.05, 0) is 51.3 Å². The summed E-state index contributed by atoms with van der Waals surface area (Å²) in [5.41, 5.74) is 2.32. The molecule has 0 aliphatic rings. The lowest BCUT2D eigenvalue weighted by molar-refractivity contribution is -0.163. The summed E-state index contributed by atoms with van der Waals surface area (Å²) in [4.78, 5) is 22.0. The number of carbonyl (C=O) groups excluding carboxylic acids is 1. The van der Waals surface area contributed by atoms with Crippen LogP contribution in [0.3, 0.4) is 0 Å². The van der Waals surface area contributed by atoms with Crippen molar-refractivity contribution in [3.8, 4) is 34.1 Å². The zero-order valence-corrected chi connectivity index (χ0v) is 22.1. The van der Waals surface area contributed by atoms with Crippen LogP contribution in [0.15, 0.2) is 65.3 Å². The third-order valence-electron chi connectivity index (χ3n) is 5.86. The van der Waals surface area contributed by atoms with Crippen LogP contribution >= 0.6 is 0 Å². The van der Waals surface area contributed by atoms with Crippen molar-refractivity contribution in [3.05, 3.63) is 60.9 Å². The Morgan fingerprint density at radius 2 is 1.70 bits per heavy atom. The molecule has 2 aromatic heterocycles. The molecule has 0 aliphatic heterocycles. The van der Waals surface area contributed by atoms with E-state index < -0.39 is 17.7 Å². The van der Waals surface area contributed by atoms with Gasteiger partial charge in [-0.25, -0.2) is 14.8 Å². The van der Waals surface area contributed by atoms with Gasteiger partial charge in [0.05, 0.1) is 7.11 Å². The molecule has 0 N–H and O–H groups in total. The SMILES string of the molecule is CCCCCC(Oc1ncnc2oc(-c3ccccc3)c(-c3ccc(OC)cc3)c12)C(=O)OC(C)(C)C. The number of nitrogens with zero attached hydrogens (tertiary/aromatic N) is 2. The second-order valence-electron chi connectivity index (χ2n) is 9.90. The van der Waals surface area contributed by atoms with E-state index in [1.54, 1.807) is 7.11 Å². The van der Waals surface area contributed by atoms with Crippen LogP contribution in [-0.4, -0.2) is 34.8 Å². The standard InChI is InChI=1S/C30H34N2O5/c1-6-7-9-14-23(29(33)37-30(2,3)4)35-27-25-24(20-15-17-22(34-5)18-16-20)26(21-12-10-8-11-13-21)36-28(25)32-19-31-27/h8,10-13,15-19,23H,6-7,9,14H2,1-5H3. The molecule has 0 fully saturated rings. The Labute approximate surface area is 217 Å². The van der Waals surface area contributed by atoms with Crippen molar-refractivity contribution in [2.24, 2.45) is 0 Å². The van der Waals surface area contributed by atoms with Gasteiger partial charge < -0.3 is 18.6 Å². The molecule has 194 valence electrons. The minimum absolute atomic E-state index is 0.286. The molecule has 1 atom stereocenters. The minimum atomic E-state index is -0.803. The highest BCUT2D eigenvalue weighted by molar-refractivity contribution is 6.03. The van der Waals surface area contributed by atoms with Crippen molar-refractivity contribution in [1.29, 1.82) is 0 Å². The van der Waals surface area contributed by atoms with E-state index in [2.05, 4.69) is 16.9 Å². The predicted molar refractivity (Wildman–Crippen MR) is 144 cm³/mol. The summed E-state index contributed by atoms with van der Waals surface area (Å²) in [7, 11) is 1.63. The number of methoxy groups -OCH3 is 1.